The van der Waals surface area contributed by atoms with Gasteiger partial charge in [-0.1, -0.05) is 0 Å². The maximum atomic E-state index is 12.6. The Labute approximate surface area is 151 Å². The number of aromatic nitrogens is 2. The Bertz CT molecular complexity index is 751. The summed E-state index contributed by atoms with van der Waals surface area (Å²) in [6, 6.07) is 2.53. The summed E-state index contributed by atoms with van der Waals surface area (Å²) in [5.74, 6) is 1.71. The lowest BCUT2D eigenvalue weighted by Crippen LogP contribution is -2.51. The van der Waals surface area contributed by atoms with Crippen molar-refractivity contribution in [2.45, 2.75) is 25.8 Å². The standard InChI is InChI=1S/C17H23N5O2S/c1-12-18-14-4-11-25-15(14)16(19-12)20-13-2-5-21(6-3-13)17(23)22-7-9-24-10-8-22/h4,11,13H,2-3,5-10H2,1H3,(H,18,19,20). The highest BCUT2D eigenvalue weighted by Gasteiger charge is 2.27. The van der Waals surface area contributed by atoms with E-state index in [0.29, 0.717) is 32.3 Å². The predicted octanol–water partition coefficient (Wildman–Crippen LogP) is 2.33. The minimum Gasteiger partial charge on any atom is -0.378 e. The first-order valence-electron chi connectivity index (χ1n) is 8.81. The van der Waals surface area contributed by atoms with Crippen LogP contribution in [0.2, 0.25) is 0 Å². The number of carbonyl (C=O) groups is 1. The van der Waals surface area contributed by atoms with Crippen LogP contribution in [0.4, 0.5) is 10.6 Å². The van der Waals surface area contributed by atoms with Gasteiger partial charge in [0.2, 0.25) is 0 Å². The fraction of sp³-hybridized carbons (Fsp3) is 0.588. The van der Waals surface area contributed by atoms with Crippen LogP contribution in [0.5, 0.6) is 0 Å². The average Bonchev–Trinajstić information content (AvgIpc) is 3.11. The van der Waals surface area contributed by atoms with Gasteiger partial charge in [0.25, 0.3) is 0 Å². The number of hydrogen-bond acceptors (Lipinski definition) is 6. The fourth-order valence-electron chi connectivity index (χ4n) is 3.44. The van der Waals surface area contributed by atoms with Gasteiger partial charge in [0.1, 0.15) is 11.6 Å². The smallest absolute Gasteiger partial charge is 0.320 e. The largest absolute Gasteiger partial charge is 0.378 e. The number of ether oxygens (including phenoxy) is 1. The van der Waals surface area contributed by atoms with Crippen LogP contribution in [0.25, 0.3) is 10.2 Å². The Morgan fingerprint density at radius 2 is 1.92 bits per heavy atom. The number of urea groups is 1. The molecule has 0 radical (unpaired) electrons. The second-order valence-electron chi connectivity index (χ2n) is 6.54. The number of rotatable bonds is 2. The van der Waals surface area contributed by atoms with E-state index in [1.54, 1.807) is 11.3 Å². The third-order valence-electron chi connectivity index (χ3n) is 4.80. The van der Waals surface area contributed by atoms with Crippen LogP contribution in [-0.2, 0) is 4.74 Å². The molecule has 2 aromatic rings. The first kappa shape index (κ1) is 16.5. The maximum absolute atomic E-state index is 12.6. The van der Waals surface area contributed by atoms with Crippen LogP contribution in [-0.4, -0.2) is 71.2 Å². The Hall–Kier alpha value is -1.93. The molecule has 0 spiro atoms. The molecule has 0 aromatic carbocycles. The van der Waals surface area contributed by atoms with Gasteiger partial charge < -0.3 is 19.9 Å². The molecule has 2 amide bonds. The third kappa shape index (κ3) is 3.55. The molecule has 1 N–H and O–H groups in total. The van der Waals surface area contributed by atoms with E-state index in [1.807, 2.05) is 28.2 Å². The summed E-state index contributed by atoms with van der Waals surface area (Å²) in [6.07, 6.45) is 1.87. The summed E-state index contributed by atoms with van der Waals surface area (Å²) in [6.45, 7) is 6.19. The molecule has 2 fully saturated rings. The molecule has 4 heterocycles. The molecule has 2 aliphatic rings. The van der Waals surface area contributed by atoms with Crippen molar-refractivity contribution in [2.75, 3.05) is 44.7 Å². The molecule has 0 aliphatic carbocycles. The average molecular weight is 361 g/mol. The Balaban J connectivity index is 1.37. The molecule has 8 heteroatoms. The summed E-state index contributed by atoms with van der Waals surface area (Å²) < 4.78 is 6.43. The van der Waals surface area contributed by atoms with Gasteiger partial charge >= 0.3 is 6.03 Å². The van der Waals surface area contributed by atoms with E-state index in [1.165, 1.54) is 0 Å². The van der Waals surface area contributed by atoms with E-state index >= 15 is 0 Å². The lowest BCUT2D eigenvalue weighted by Gasteiger charge is -2.37. The number of morpholine rings is 1. The summed E-state index contributed by atoms with van der Waals surface area (Å²) in [5.41, 5.74) is 1.000. The Kier molecular flexibility index (Phi) is 4.72. The summed E-state index contributed by atoms with van der Waals surface area (Å²) in [7, 11) is 0. The van der Waals surface area contributed by atoms with Gasteiger partial charge in [0, 0.05) is 32.2 Å². The van der Waals surface area contributed by atoms with Crippen molar-refractivity contribution in [3.8, 4) is 0 Å². The monoisotopic (exact) mass is 361 g/mol. The number of hydrogen-bond donors (Lipinski definition) is 1. The maximum Gasteiger partial charge on any atom is 0.320 e. The third-order valence-corrected chi connectivity index (χ3v) is 5.71. The first-order valence-corrected chi connectivity index (χ1v) is 9.68. The van der Waals surface area contributed by atoms with Gasteiger partial charge in [0.15, 0.2) is 0 Å². The van der Waals surface area contributed by atoms with Gasteiger partial charge in [0.05, 0.1) is 23.4 Å². The van der Waals surface area contributed by atoms with Crippen molar-refractivity contribution < 1.29 is 9.53 Å². The van der Waals surface area contributed by atoms with Gasteiger partial charge in [-0.2, -0.15) is 0 Å². The van der Waals surface area contributed by atoms with Crippen molar-refractivity contribution >= 4 is 33.4 Å². The number of thiophene rings is 1. The van der Waals surface area contributed by atoms with Crippen molar-refractivity contribution in [1.82, 2.24) is 19.8 Å². The van der Waals surface area contributed by atoms with Gasteiger partial charge in [-0.25, -0.2) is 14.8 Å². The molecule has 2 saturated heterocycles. The minimum atomic E-state index is 0.153. The molecule has 25 heavy (non-hydrogen) atoms. The van der Waals surface area contributed by atoms with Crippen LogP contribution in [0, 0.1) is 6.92 Å². The zero-order valence-corrected chi connectivity index (χ0v) is 15.2. The van der Waals surface area contributed by atoms with Gasteiger partial charge in [-0.05, 0) is 31.2 Å². The van der Waals surface area contributed by atoms with Crippen LogP contribution < -0.4 is 5.32 Å². The molecule has 2 aromatic heterocycles. The molecule has 2 aliphatic heterocycles. The van der Waals surface area contributed by atoms with Crippen molar-refractivity contribution in [1.29, 1.82) is 0 Å². The van der Waals surface area contributed by atoms with E-state index in [4.69, 9.17) is 4.74 Å². The van der Waals surface area contributed by atoms with Crippen LogP contribution in [0.3, 0.4) is 0 Å². The number of amides is 2. The zero-order chi connectivity index (χ0) is 17.2. The number of nitrogens with zero attached hydrogens (tertiary/aromatic N) is 4. The number of aryl methyl sites for hydroxylation is 1. The van der Waals surface area contributed by atoms with E-state index in [0.717, 1.165) is 47.8 Å². The lowest BCUT2D eigenvalue weighted by atomic mass is 10.1. The van der Waals surface area contributed by atoms with E-state index in [2.05, 4.69) is 15.3 Å². The second-order valence-corrected chi connectivity index (χ2v) is 7.46. The van der Waals surface area contributed by atoms with E-state index in [-0.39, 0.29) is 6.03 Å². The van der Waals surface area contributed by atoms with Gasteiger partial charge in [-0.3, -0.25) is 0 Å². The van der Waals surface area contributed by atoms with Crippen molar-refractivity contribution in [2.24, 2.45) is 0 Å². The Morgan fingerprint density at radius 3 is 2.68 bits per heavy atom. The highest BCUT2D eigenvalue weighted by molar-refractivity contribution is 7.17. The number of anilines is 1. The number of piperidine rings is 1. The zero-order valence-electron chi connectivity index (χ0n) is 14.4. The Morgan fingerprint density at radius 1 is 1.20 bits per heavy atom. The van der Waals surface area contributed by atoms with Crippen molar-refractivity contribution in [3.63, 3.8) is 0 Å². The molecule has 7 nitrogen and oxygen atoms in total. The lowest BCUT2D eigenvalue weighted by molar-refractivity contribution is 0.0414. The highest BCUT2D eigenvalue weighted by Crippen LogP contribution is 2.27. The number of fused-ring (bicyclic) bond motifs is 1. The molecule has 0 atom stereocenters. The summed E-state index contributed by atoms with van der Waals surface area (Å²) >= 11 is 1.66. The molecule has 0 bridgehead atoms. The van der Waals surface area contributed by atoms with Crippen molar-refractivity contribution in [3.05, 3.63) is 17.3 Å². The second kappa shape index (κ2) is 7.13. The fourth-order valence-corrected chi connectivity index (χ4v) is 4.22. The van der Waals surface area contributed by atoms with Crippen LogP contribution in [0.1, 0.15) is 18.7 Å². The number of likely N-dealkylation sites (tertiary alicyclic amines) is 1. The van der Waals surface area contributed by atoms with Crippen LogP contribution in [0.15, 0.2) is 11.4 Å². The van der Waals surface area contributed by atoms with Gasteiger partial charge in [-0.15, -0.1) is 11.3 Å². The predicted molar refractivity (Wildman–Crippen MR) is 98.2 cm³/mol. The molecule has 0 saturated carbocycles. The molecule has 4 rings (SSSR count). The molecular weight excluding hydrogens is 338 g/mol. The molecule has 0 unspecified atom stereocenters. The normalized spacial score (nSPS) is 19.4. The van der Waals surface area contributed by atoms with E-state index < -0.39 is 0 Å². The first-order chi connectivity index (χ1) is 12.2. The van der Waals surface area contributed by atoms with Crippen LogP contribution >= 0.6 is 11.3 Å². The highest BCUT2D eigenvalue weighted by atomic mass is 32.1. The van der Waals surface area contributed by atoms with E-state index in [9.17, 15) is 4.79 Å². The number of carbonyl (C=O) groups excluding carboxylic acids is 1. The quantitative estimate of drug-likeness (QED) is 0.889. The molecule has 134 valence electrons. The minimum absolute atomic E-state index is 0.153. The number of nitrogens with one attached hydrogen (secondary N) is 1. The summed E-state index contributed by atoms with van der Waals surface area (Å²) in [4.78, 5) is 25.5. The SMILES string of the molecule is Cc1nc(NC2CCN(C(=O)N3CCOCC3)CC2)c2sccc2n1. The topological polar surface area (TPSA) is 70.6 Å². The molecular formula is C17H23N5O2S. The summed E-state index contributed by atoms with van der Waals surface area (Å²) in [5, 5.41) is 5.63.